The van der Waals surface area contributed by atoms with Crippen LogP contribution in [0, 0.1) is 0 Å². The summed E-state index contributed by atoms with van der Waals surface area (Å²) >= 11 is 5.37. The SMILES string of the molecule is c1ccc(-c2nc(-c3cccc(-c4cccc5c4sc4ccc(-c6ccc(-c7nc8ccccc8s7)cc6)cc45)c3)nc(-c3cccc4c3sc3ccccc34)n2)cc1. The molecule has 0 aliphatic carbocycles. The van der Waals surface area contributed by atoms with Crippen LogP contribution >= 0.6 is 34.0 Å². The Hall–Kier alpha value is -6.90. The Morgan fingerprint density at radius 1 is 0.288 bits per heavy atom. The van der Waals surface area contributed by atoms with Gasteiger partial charge in [0.1, 0.15) is 5.01 Å². The van der Waals surface area contributed by atoms with E-state index in [4.69, 9.17) is 19.9 Å². The lowest BCUT2D eigenvalue weighted by Gasteiger charge is -2.10. The van der Waals surface area contributed by atoms with Gasteiger partial charge in [-0.15, -0.1) is 34.0 Å². The van der Waals surface area contributed by atoms with Crippen molar-refractivity contribution in [1.82, 2.24) is 19.9 Å². The average Bonchev–Trinajstić information content (AvgIpc) is 4.03. The summed E-state index contributed by atoms with van der Waals surface area (Å²) < 4.78 is 6.17. The Kier molecular flexibility index (Phi) is 8.04. The van der Waals surface area contributed by atoms with E-state index in [2.05, 4.69) is 158 Å². The fourth-order valence-electron chi connectivity index (χ4n) is 8.10. The summed E-state index contributed by atoms with van der Waals surface area (Å²) in [5.41, 5.74) is 9.81. The molecule has 7 heteroatoms. The third kappa shape index (κ3) is 5.93. The van der Waals surface area contributed by atoms with Crippen LogP contribution in [0.4, 0.5) is 0 Å². The Labute approximate surface area is 351 Å². The first kappa shape index (κ1) is 34.2. The molecule has 0 radical (unpaired) electrons. The Morgan fingerprint density at radius 2 is 0.864 bits per heavy atom. The van der Waals surface area contributed by atoms with Crippen LogP contribution in [0.15, 0.2) is 182 Å². The molecule has 0 aliphatic rings. The van der Waals surface area contributed by atoms with Crippen LogP contribution in [-0.4, -0.2) is 19.9 Å². The molecular formula is C52H30N4S3. The highest BCUT2D eigenvalue weighted by Crippen LogP contribution is 2.43. The van der Waals surface area contributed by atoms with E-state index in [9.17, 15) is 0 Å². The van der Waals surface area contributed by atoms with E-state index in [0.29, 0.717) is 17.5 Å². The van der Waals surface area contributed by atoms with Gasteiger partial charge in [-0.3, -0.25) is 0 Å². The maximum Gasteiger partial charge on any atom is 0.165 e. The van der Waals surface area contributed by atoms with Crippen LogP contribution in [-0.2, 0) is 0 Å². The van der Waals surface area contributed by atoms with Crippen LogP contribution in [0.1, 0.15) is 0 Å². The van der Waals surface area contributed by atoms with Gasteiger partial charge in [-0.05, 0) is 64.7 Å². The average molecular weight is 807 g/mol. The second-order valence-electron chi connectivity index (χ2n) is 14.6. The molecule has 0 fully saturated rings. The standard InChI is InChI=1S/C52H30N4S3/c1-2-11-32(12-3-1)49-54-50(56-51(55-49)41-19-10-17-39-38-15-4-6-21-44(38)57-48(39)41)36-14-8-13-35(29-36)37-16-9-18-40-42-30-34(27-28-45(42)58-47(37)40)31-23-25-33(26-24-31)52-53-43-20-5-7-22-46(43)59-52/h1-30H. The van der Waals surface area contributed by atoms with Crippen molar-refractivity contribution < 1.29 is 0 Å². The number of thiophene rings is 2. The van der Waals surface area contributed by atoms with E-state index in [1.165, 1.54) is 61.7 Å². The third-order valence-corrected chi connectivity index (χ3v) is 14.5. The Bertz CT molecular complexity index is 3530. The van der Waals surface area contributed by atoms with Crippen molar-refractivity contribution in [2.75, 3.05) is 0 Å². The molecule has 0 atom stereocenters. The second-order valence-corrected chi connectivity index (χ2v) is 17.7. The quantitative estimate of drug-likeness (QED) is 0.168. The predicted molar refractivity (Wildman–Crippen MR) is 251 cm³/mol. The zero-order valence-corrected chi connectivity index (χ0v) is 33.8. The van der Waals surface area contributed by atoms with Gasteiger partial charge in [0.25, 0.3) is 0 Å². The first-order chi connectivity index (χ1) is 29.2. The van der Waals surface area contributed by atoms with Crippen LogP contribution in [0.3, 0.4) is 0 Å². The number of aromatic nitrogens is 4. The molecule has 0 bridgehead atoms. The lowest BCUT2D eigenvalue weighted by Crippen LogP contribution is -2.00. The number of fused-ring (bicyclic) bond motifs is 7. The fourth-order valence-corrected chi connectivity index (χ4v) is 11.5. The lowest BCUT2D eigenvalue weighted by atomic mass is 9.99. The van der Waals surface area contributed by atoms with Crippen molar-refractivity contribution in [2.45, 2.75) is 0 Å². The highest BCUT2D eigenvalue weighted by atomic mass is 32.1. The molecule has 0 spiro atoms. The van der Waals surface area contributed by atoms with Gasteiger partial charge in [0.05, 0.1) is 10.2 Å². The summed E-state index contributed by atoms with van der Waals surface area (Å²) in [7, 11) is 0. The first-order valence-corrected chi connectivity index (χ1v) is 21.9. The summed E-state index contributed by atoms with van der Waals surface area (Å²) in [6.07, 6.45) is 0. The maximum absolute atomic E-state index is 5.21. The molecule has 0 saturated carbocycles. The van der Waals surface area contributed by atoms with Gasteiger partial charge in [0, 0.05) is 62.6 Å². The van der Waals surface area contributed by atoms with E-state index in [1.807, 2.05) is 35.6 Å². The summed E-state index contributed by atoms with van der Waals surface area (Å²) in [5.74, 6) is 1.98. The molecular weight excluding hydrogens is 777 g/mol. The van der Waals surface area contributed by atoms with E-state index >= 15 is 0 Å². The number of nitrogens with zero attached hydrogens (tertiary/aromatic N) is 4. The van der Waals surface area contributed by atoms with E-state index in [1.54, 1.807) is 22.7 Å². The van der Waals surface area contributed by atoms with Crippen molar-refractivity contribution in [2.24, 2.45) is 0 Å². The van der Waals surface area contributed by atoms with Gasteiger partial charge in [-0.1, -0.05) is 140 Å². The van der Waals surface area contributed by atoms with E-state index in [-0.39, 0.29) is 0 Å². The van der Waals surface area contributed by atoms with Crippen LogP contribution < -0.4 is 0 Å². The third-order valence-electron chi connectivity index (χ3n) is 11.0. The van der Waals surface area contributed by atoms with Gasteiger partial charge in [0.15, 0.2) is 17.5 Å². The molecule has 0 saturated heterocycles. The minimum absolute atomic E-state index is 0.649. The predicted octanol–water partition coefficient (Wildman–Crippen LogP) is 15.2. The Balaban J connectivity index is 0.934. The highest BCUT2D eigenvalue weighted by Gasteiger charge is 2.18. The number of benzene rings is 8. The number of rotatable bonds is 6. The van der Waals surface area contributed by atoms with Crippen LogP contribution in [0.5, 0.6) is 0 Å². The van der Waals surface area contributed by atoms with Crippen LogP contribution in [0.2, 0.25) is 0 Å². The number of thiazole rings is 1. The molecule has 0 unspecified atom stereocenters. The van der Waals surface area contributed by atoms with Crippen molar-refractivity contribution in [3.8, 4) is 67.0 Å². The fraction of sp³-hybridized carbons (Fsp3) is 0. The molecule has 59 heavy (non-hydrogen) atoms. The lowest BCUT2D eigenvalue weighted by molar-refractivity contribution is 1.08. The molecule has 12 rings (SSSR count). The zero-order chi connectivity index (χ0) is 38.9. The molecule has 0 N–H and O–H groups in total. The van der Waals surface area contributed by atoms with Crippen molar-refractivity contribution in [3.05, 3.63) is 182 Å². The molecule has 0 aliphatic heterocycles. The molecule has 4 nitrogen and oxygen atoms in total. The zero-order valence-electron chi connectivity index (χ0n) is 31.3. The van der Waals surface area contributed by atoms with Gasteiger partial charge in [-0.25, -0.2) is 19.9 Å². The topological polar surface area (TPSA) is 51.6 Å². The summed E-state index contributed by atoms with van der Waals surface area (Å²) in [4.78, 5) is 20.3. The van der Waals surface area contributed by atoms with Crippen molar-refractivity contribution in [1.29, 1.82) is 0 Å². The Morgan fingerprint density at radius 3 is 1.69 bits per heavy atom. The second kappa shape index (κ2) is 13.9. The van der Waals surface area contributed by atoms with Gasteiger partial charge < -0.3 is 0 Å². The largest absolute Gasteiger partial charge is 0.236 e. The normalized spacial score (nSPS) is 11.7. The molecule has 0 amide bonds. The molecule has 8 aromatic carbocycles. The number of hydrogen-bond donors (Lipinski definition) is 0. The minimum Gasteiger partial charge on any atom is -0.236 e. The van der Waals surface area contributed by atoms with Gasteiger partial charge >= 0.3 is 0 Å². The molecule has 4 aromatic heterocycles. The summed E-state index contributed by atoms with van der Waals surface area (Å²) in [6, 6.07) is 64.5. The van der Waals surface area contributed by atoms with Crippen molar-refractivity contribution in [3.63, 3.8) is 0 Å². The highest BCUT2D eigenvalue weighted by molar-refractivity contribution is 7.26. The summed E-state index contributed by atoms with van der Waals surface area (Å²) in [5, 5.41) is 6.04. The first-order valence-electron chi connectivity index (χ1n) is 19.4. The summed E-state index contributed by atoms with van der Waals surface area (Å²) in [6.45, 7) is 0. The smallest absolute Gasteiger partial charge is 0.165 e. The molecule has 276 valence electrons. The molecule has 4 heterocycles. The van der Waals surface area contributed by atoms with E-state index in [0.717, 1.165) is 38.3 Å². The van der Waals surface area contributed by atoms with Crippen LogP contribution in [0.25, 0.3) is 118 Å². The van der Waals surface area contributed by atoms with Crippen molar-refractivity contribution >= 4 is 84.6 Å². The minimum atomic E-state index is 0.649. The maximum atomic E-state index is 5.21. The number of para-hydroxylation sites is 1. The molecule has 12 aromatic rings. The number of hydrogen-bond acceptors (Lipinski definition) is 7. The van der Waals surface area contributed by atoms with Gasteiger partial charge in [0.2, 0.25) is 0 Å². The van der Waals surface area contributed by atoms with Gasteiger partial charge in [-0.2, -0.15) is 0 Å². The monoisotopic (exact) mass is 806 g/mol. The van der Waals surface area contributed by atoms with E-state index < -0.39 is 0 Å².